The number of nitrogens with two attached hydrogens (primary N) is 1. The van der Waals surface area contributed by atoms with Crippen molar-refractivity contribution in [1.82, 2.24) is 20.3 Å². The Morgan fingerprint density at radius 1 is 1.42 bits per heavy atom. The lowest BCUT2D eigenvalue weighted by atomic mass is 9.94. The van der Waals surface area contributed by atoms with Gasteiger partial charge in [0.05, 0.1) is 17.3 Å². The molecule has 7 nitrogen and oxygen atoms in total. The minimum atomic E-state index is -0.487. The van der Waals surface area contributed by atoms with E-state index in [1.54, 1.807) is 0 Å². The SMILES string of the molecule is CCCC[C@](C)(CNC(C)=O)Nc1nc(N)nc2cc(F)cnc12. The maximum atomic E-state index is 13.4. The van der Waals surface area contributed by atoms with E-state index in [9.17, 15) is 9.18 Å². The van der Waals surface area contributed by atoms with E-state index < -0.39 is 11.4 Å². The minimum Gasteiger partial charge on any atom is -0.368 e. The van der Waals surface area contributed by atoms with Gasteiger partial charge in [-0.15, -0.1) is 0 Å². The van der Waals surface area contributed by atoms with E-state index >= 15 is 0 Å². The third-order valence-corrected chi connectivity index (χ3v) is 3.75. The minimum absolute atomic E-state index is 0.0368. The molecule has 1 atom stereocenters. The molecule has 4 N–H and O–H groups in total. The van der Waals surface area contributed by atoms with Gasteiger partial charge >= 0.3 is 0 Å². The van der Waals surface area contributed by atoms with Crippen LogP contribution in [-0.2, 0) is 4.79 Å². The second kappa shape index (κ2) is 7.37. The van der Waals surface area contributed by atoms with Gasteiger partial charge in [-0.1, -0.05) is 19.8 Å². The van der Waals surface area contributed by atoms with Crippen LogP contribution in [0.25, 0.3) is 11.0 Å². The molecule has 1 amide bonds. The van der Waals surface area contributed by atoms with E-state index in [0.29, 0.717) is 23.4 Å². The zero-order chi connectivity index (χ0) is 17.7. The Balaban J connectivity index is 2.37. The van der Waals surface area contributed by atoms with Crippen LogP contribution in [0.3, 0.4) is 0 Å². The number of nitrogens with one attached hydrogen (secondary N) is 2. The number of anilines is 2. The van der Waals surface area contributed by atoms with Gasteiger partial charge in [-0.25, -0.2) is 14.4 Å². The van der Waals surface area contributed by atoms with E-state index in [4.69, 9.17) is 5.73 Å². The zero-order valence-corrected chi connectivity index (χ0v) is 14.2. The van der Waals surface area contributed by atoms with E-state index in [1.807, 2.05) is 6.92 Å². The summed E-state index contributed by atoms with van der Waals surface area (Å²) in [5.41, 5.74) is 6.07. The molecule has 0 aliphatic heterocycles. The van der Waals surface area contributed by atoms with Crippen LogP contribution in [0.5, 0.6) is 0 Å². The summed E-state index contributed by atoms with van der Waals surface area (Å²) in [6.45, 7) is 5.99. The van der Waals surface area contributed by atoms with E-state index in [0.717, 1.165) is 25.5 Å². The quantitative estimate of drug-likeness (QED) is 0.717. The summed E-state index contributed by atoms with van der Waals surface area (Å²) in [6.07, 6.45) is 3.93. The van der Waals surface area contributed by atoms with Gasteiger partial charge in [-0.05, 0) is 13.3 Å². The van der Waals surface area contributed by atoms with E-state index in [2.05, 4.69) is 32.5 Å². The van der Waals surface area contributed by atoms with Crippen LogP contribution in [0.4, 0.5) is 16.2 Å². The fourth-order valence-electron chi connectivity index (χ4n) is 2.47. The number of nitrogen functional groups attached to an aromatic ring is 1. The number of unbranched alkanes of at least 4 members (excludes halogenated alkanes) is 1. The molecule has 0 aromatic carbocycles. The molecular formula is C16H23FN6O. The Morgan fingerprint density at radius 3 is 2.83 bits per heavy atom. The van der Waals surface area contributed by atoms with E-state index in [1.165, 1.54) is 13.0 Å². The topological polar surface area (TPSA) is 106 Å². The Morgan fingerprint density at radius 2 is 2.17 bits per heavy atom. The van der Waals surface area contributed by atoms with Crippen molar-refractivity contribution in [2.24, 2.45) is 0 Å². The first-order valence-electron chi connectivity index (χ1n) is 7.94. The van der Waals surface area contributed by atoms with Crippen LogP contribution in [-0.4, -0.2) is 32.9 Å². The highest BCUT2D eigenvalue weighted by atomic mass is 19.1. The molecule has 0 saturated carbocycles. The van der Waals surface area contributed by atoms with Crippen molar-refractivity contribution in [3.8, 4) is 0 Å². The Hall–Kier alpha value is -2.51. The summed E-state index contributed by atoms with van der Waals surface area (Å²) in [6, 6.07) is 1.27. The van der Waals surface area contributed by atoms with Crippen LogP contribution >= 0.6 is 0 Å². The second-order valence-corrected chi connectivity index (χ2v) is 6.15. The Labute approximate surface area is 140 Å². The first kappa shape index (κ1) is 17.8. The summed E-state index contributed by atoms with van der Waals surface area (Å²) in [4.78, 5) is 23.6. The third-order valence-electron chi connectivity index (χ3n) is 3.75. The largest absolute Gasteiger partial charge is 0.368 e. The lowest BCUT2D eigenvalue weighted by Crippen LogP contribution is -2.46. The number of halogens is 1. The molecule has 2 aromatic heterocycles. The molecule has 0 unspecified atom stereocenters. The molecule has 0 bridgehead atoms. The smallest absolute Gasteiger partial charge is 0.222 e. The van der Waals surface area contributed by atoms with Crippen molar-refractivity contribution in [3.63, 3.8) is 0 Å². The van der Waals surface area contributed by atoms with Gasteiger partial charge in [-0.2, -0.15) is 4.98 Å². The molecule has 2 aromatic rings. The molecule has 0 aliphatic carbocycles. The normalized spacial score (nSPS) is 13.5. The van der Waals surface area contributed by atoms with Crippen LogP contribution in [0.15, 0.2) is 12.3 Å². The van der Waals surface area contributed by atoms with Gasteiger partial charge < -0.3 is 16.4 Å². The van der Waals surface area contributed by atoms with Gasteiger partial charge in [0.2, 0.25) is 11.9 Å². The highest BCUT2D eigenvalue weighted by Gasteiger charge is 2.26. The number of carbonyl (C=O) groups is 1. The fourth-order valence-corrected chi connectivity index (χ4v) is 2.47. The molecule has 0 radical (unpaired) electrons. The number of nitrogens with zero attached hydrogens (tertiary/aromatic N) is 3. The van der Waals surface area contributed by atoms with Crippen molar-refractivity contribution in [1.29, 1.82) is 0 Å². The number of pyridine rings is 1. The number of hydrogen-bond acceptors (Lipinski definition) is 6. The maximum absolute atomic E-state index is 13.4. The monoisotopic (exact) mass is 334 g/mol. The van der Waals surface area contributed by atoms with Crippen LogP contribution in [0, 0.1) is 5.82 Å². The summed E-state index contributed by atoms with van der Waals surface area (Å²) < 4.78 is 13.4. The van der Waals surface area contributed by atoms with Gasteiger partial charge in [-0.3, -0.25) is 4.79 Å². The molecule has 0 aliphatic rings. The fraction of sp³-hybridized carbons (Fsp3) is 0.500. The number of fused-ring (bicyclic) bond motifs is 1. The predicted molar refractivity (Wildman–Crippen MR) is 91.9 cm³/mol. The number of amides is 1. The average Bonchev–Trinajstić information content (AvgIpc) is 2.50. The summed E-state index contributed by atoms with van der Waals surface area (Å²) in [5.74, 6) is -0.124. The third kappa shape index (κ3) is 4.50. The molecular weight excluding hydrogens is 311 g/mol. The Kier molecular flexibility index (Phi) is 5.48. The average molecular weight is 334 g/mol. The highest BCUT2D eigenvalue weighted by Crippen LogP contribution is 2.25. The number of aromatic nitrogens is 3. The van der Waals surface area contributed by atoms with Crippen molar-refractivity contribution >= 4 is 28.7 Å². The van der Waals surface area contributed by atoms with Gasteiger partial charge in [0.25, 0.3) is 0 Å². The molecule has 8 heteroatoms. The lowest BCUT2D eigenvalue weighted by molar-refractivity contribution is -0.119. The molecule has 2 rings (SSSR count). The molecule has 24 heavy (non-hydrogen) atoms. The van der Waals surface area contributed by atoms with Crippen molar-refractivity contribution < 1.29 is 9.18 Å². The molecule has 2 heterocycles. The second-order valence-electron chi connectivity index (χ2n) is 6.15. The molecule has 0 spiro atoms. The first-order chi connectivity index (χ1) is 11.3. The standard InChI is InChI=1S/C16H23FN6O/c1-4-5-6-16(3,9-20-10(2)24)23-14-13-12(21-15(18)22-14)7-11(17)8-19-13/h7-8H,4-6,9H2,1-3H3,(H,20,24)(H3,18,21,22,23)/t16-/m1/s1. The highest BCUT2D eigenvalue weighted by molar-refractivity contribution is 5.86. The summed E-state index contributed by atoms with van der Waals surface area (Å²) in [5, 5.41) is 6.15. The van der Waals surface area contributed by atoms with Crippen molar-refractivity contribution in [2.75, 3.05) is 17.6 Å². The molecule has 130 valence electrons. The van der Waals surface area contributed by atoms with Crippen molar-refractivity contribution in [2.45, 2.75) is 45.6 Å². The Bertz CT molecular complexity index is 733. The number of carbonyl (C=O) groups excluding carboxylic acids is 1. The van der Waals surface area contributed by atoms with Crippen LogP contribution in [0.1, 0.15) is 40.0 Å². The molecule has 0 fully saturated rings. The lowest BCUT2D eigenvalue weighted by Gasteiger charge is -2.32. The number of rotatable bonds is 7. The van der Waals surface area contributed by atoms with Crippen LogP contribution in [0.2, 0.25) is 0 Å². The van der Waals surface area contributed by atoms with Crippen molar-refractivity contribution in [3.05, 3.63) is 18.1 Å². The zero-order valence-electron chi connectivity index (χ0n) is 14.2. The summed E-state index contributed by atoms with van der Waals surface area (Å²) >= 11 is 0. The van der Waals surface area contributed by atoms with Gasteiger partial charge in [0.15, 0.2) is 5.82 Å². The maximum Gasteiger partial charge on any atom is 0.222 e. The van der Waals surface area contributed by atoms with Crippen LogP contribution < -0.4 is 16.4 Å². The van der Waals surface area contributed by atoms with Gasteiger partial charge in [0, 0.05) is 19.5 Å². The first-order valence-corrected chi connectivity index (χ1v) is 7.94. The summed E-state index contributed by atoms with van der Waals surface area (Å²) in [7, 11) is 0. The molecule has 0 saturated heterocycles. The van der Waals surface area contributed by atoms with Gasteiger partial charge in [0.1, 0.15) is 11.3 Å². The predicted octanol–water partition coefficient (Wildman–Crippen LogP) is 2.24. The number of hydrogen-bond donors (Lipinski definition) is 3. The van der Waals surface area contributed by atoms with E-state index in [-0.39, 0.29) is 11.9 Å².